The minimum Gasteiger partial charge on any atom is -0.309 e. The normalized spacial score (nSPS) is 11.9. The summed E-state index contributed by atoms with van der Waals surface area (Å²) in [6.07, 6.45) is 7.52. The van der Waals surface area contributed by atoms with Gasteiger partial charge in [-0.15, -0.1) is 0 Å². The second-order valence-corrected chi connectivity index (χ2v) is 22.5. The Bertz CT molecular complexity index is 5550. The summed E-state index contributed by atoms with van der Waals surface area (Å²) in [6, 6.07) is 97.8. The van der Waals surface area contributed by atoms with Gasteiger partial charge in [0.05, 0.1) is 44.1 Å². The average molecular weight is 1120 g/mol. The van der Waals surface area contributed by atoms with Gasteiger partial charge in [0.25, 0.3) is 0 Å². The molecule has 0 unspecified atom stereocenters. The summed E-state index contributed by atoms with van der Waals surface area (Å²) in [7, 11) is 0. The maximum Gasteiger partial charge on any atom is 0.164 e. The van der Waals surface area contributed by atoms with E-state index in [4.69, 9.17) is 15.0 Å². The molecule has 0 saturated heterocycles. The standard InChI is InChI=1S/C79H49N9/c1-5-21-50(22-6-1)77-82-78(51-23-7-2-8-24-51)84-79(83-77)56-43-59(85-69-39-37-52(54-25-19-41-80-48-54)45-64(69)65-46-53(38-40-70(65)85)55-26-20-42-81-49-55)47-60(44-56)88-68-36-18-15-33-63(68)73-75-71(61-31-13-16-34-66(61)86(75)57-27-9-3-10-28-57)74-72(76(73)88)62-32-14-17-35-67(62)87(74)58-29-11-4-12-30-58/h1-49H. The molecule has 0 saturated carbocycles. The molecule has 9 heteroatoms. The highest BCUT2D eigenvalue weighted by Gasteiger charge is 2.30. The maximum absolute atomic E-state index is 5.46. The number of pyridine rings is 2. The lowest BCUT2D eigenvalue weighted by molar-refractivity contribution is 1.07. The van der Waals surface area contributed by atoms with Crippen LogP contribution >= 0.6 is 0 Å². The third-order valence-electron chi connectivity index (χ3n) is 17.5. The van der Waals surface area contributed by atoms with Gasteiger partial charge in [0, 0.05) is 118 Å². The zero-order valence-electron chi connectivity index (χ0n) is 47.3. The molecule has 88 heavy (non-hydrogen) atoms. The molecule has 18 aromatic rings. The van der Waals surface area contributed by atoms with Crippen LogP contribution in [0.5, 0.6) is 0 Å². The Labute approximate surface area is 504 Å². The highest BCUT2D eigenvalue weighted by molar-refractivity contribution is 6.40. The highest BCUT2D eigenvalue weighted by atomic mass is 15.1. The second kappa shape index (κ2) is 19.8. The molecular formula is C79H49N9. The van der Waals surface area contributed by atoms with Crippen molar-refractivity contribution in [3.8, 4) is 79.2 Å². The summed E-state index contributed by atoms with van der Waals surface area (Å²) < 4.78 is 9.94. The first-order chi connectivity index (χ1) is 43.7. The lowest BCUT2D eigenvalue weighted by atomic mass is 10.0. The fourth-order valence-electron chi connectivity index (χ4n) is 13.8. The van der Waals surface area contributed by atoms with Crippen LogP contribution in [-0.2, 0) is 0 Å². The number of benzene rings is 11. The Morgan fingerprint density at radius 3 is 0.966 bits per heavy atom. The van der Waals surface area contributed by atoms with Crippen molar-refractivity contribution in [3.05, 3.63) is 298 Å². The van der Waals surface area contributed by atoms with E-state index in [1.54, 1.807) is 0 Å². The molecule has 410 valence electrons. The third-order valence-corrected chi connectivity index (χ3v) is 17.5. The minimum absolute atomic E-state index is 0.549. The quantitative estimate of drug-likeness (QED) is 0.144. The summed E-state index contributed by atoms with van der Waals surface area (Å²) in [5.74, 6) is 1.72. The smallest absolute Gasteiger partial charge is 0.164 e. The fraction of sp³-hybridized carbons (Fsp3) is 0. The maximum atomic E-state index is 5.46. The second-order valence-electron chi connectivity index (χ2n) is 22.5. The van der Waals surface area contributed by atoms with Gasteiger partial charge in [-0.2, -0.15) is 0 Å². The summed E-state index contributed by atoms with van der Waals surface area (Å²) in [6.45, 7) is 0. The van der Waals surface area contributed by atoms with Crippen LogP contribution in [0.3, 0.4) is 0 Å². The number of hydrogen-bond acceptors (Lipinski definition) is 5. The summed E-state index contributed by atoms with van der Waals surface area (Å²) in [5, 5.41) is 9.17. The molecule has 0 radical (unpaired) electrons. The van der Waals surface area contributed by atoms with Crippen molar-refractivity contribution >= 4 is 87.2 Å². The van der Waals surface area contributed by atoms with E-state index >= 15 is 0 Å². The van der Waals surface area contributed by atoms with Crippen LogP contribution in [0.15, 0.2) is 298 Å². The van der Waals surface area contributed by atoms with Gasteiger partial charge in [-0.25, -0.2) is 15.0 Å². The van der Waals surface area contributed by atoms with Crippen LogP contribution in [0.25, 0.3) is 166 Å². The van der Waals surface area contributed by atoms with Gasteiger partial charge in [-0.3, -0.25) is 9.97 Å². The molecule has 18 rings (SSSR count). The van der Waals surface area contributed by atoms with E-state index in [1.807, 2.05) is 73.3 Å². The number of para-hydroxylation sites is 5. The molecule has 0 bridgehead atoms. The number of aromatic nitrogens is 9. The first-order valence-electron chi connectivity index (χ1n) is 29.6. The van der Waals surface area contributed by atoms with E-state index in [0.29, 0.717) is 17.5 Å². The molecule has 7 heterocycles. The number of hydrogen-bond donors (Lipinski definition) is 0. The first kappa shape index (κ1) is 49.4. The molecule has 0 amide bonds. The van der Waals surface area contributed by atoms with Crippen molar-refractivity contribution < 1.29 is 0 Å². The zero-order chi connectivity index (χ0) is 57.8. The van der Waals surface area contributed by atoms with E-state index in [1.165, 1.54) is 10.8 Å². The molecule has 0 aliphatic rings. The summed E-state index contributed by atoms with van der Waals surface area (Å²) in [5.41, 5.74) is 19.7. The van der Waals surface area contributed by atoms with E-state index in [9.17, 15) is 0 Å². The fourth-order valence-corrected chi connectivity index (χ4v) is 13.8. The van der Waals surface area contributed by atoms with Crippen LogP contribution in [0.2, 0.25) is 0 Å². The lowest BCUT2D eigenvalue weighted by Gasteiger charge is -2.17. The van der Waals surface area contributed by atoms with Gasteiger partial charge < -0.3 is 18.3 Å². The molecular weight excluding hydrogens is 1070 g/mol. The predicted octanol–water partition coefficient (Wildman–Crippen LogP) is 19.4. The zero-order valence-corrected chi connectivity index (χ0v) is 47.3. The molecule has 0 aliphatic heterocycles. The Kier molecular flexibility index (Phi) is 11.1. The summed E-state index contributed by atoms with van der Waals surface area (Å²) >= 11 is 0. The third kappa shape index (κ3) is 7.64. The Balaban J connectivity index is 1.03. The largest absolute Gasteiger partial charge is 0.309 e. The van der Waals surface area contributed by atoms with E-state index in [2.05, 4.69) is 253 Å². The topological polar surface area (TPSA) is 84.2 Å². The average Bonchev–Trinajstić information content (AvgIpc) is 1.53. The SMILES string of the molecule is c1ccc(-c2nc(-c3ccccc3)nc(-c3cc(-n4c5ccc(-c6cccnc6)cc5c5cc(-c6cccnc6)ccc54)cc(-n4c5ccccc5c5c6c(c7ccccc7n6-c6ccccc6)c6c(c7ccccc7n6-c6ccccc6)c54)c3)n2)cc1. The van der Waals surface area contributed by atoms with Crippen molar-refractivity contribution in [2.24, 2.45) is 0 Å². The van der Waals surface area contributed by atoms with Crippen LogP contribution in [-0.4, -0.2) is 43.2 Å². The number of rotatable bonds is 9. The van der Waals surface area contributed by atoms with Crippen molar-refractivity contribution in [3.63, 3.8) is 0 Å². The molecule has 0 N–H and O–H groups in total. The van der Waals surface area contributed by atoms with Gasteiger partial charge in [-0.1, -0.05) is 176 Å². The summed E-state index contributed by atoms with van der Waals surface area (Å²) in [4.78, 5) is 25.2. The van der Waals surface area contributed by atoms with E-state index < -0.39 is 0 Å². The lowest BCUT2D eigenvalue weighted by Crippen LogP contribution is -2.04. The molecule has 0 fully saturated rings. The molecule has 9 nitrogen and oxygen atoms in total. The van der Waals surface area contributed by atoms with Gasteiger partial charge in [0.2, 0.25) is 0 Å². The van der Waals surface area contributed by atoms with Gasteiger partial charge in [0.15, 0.2) is 17.5 Å². The molecule has 0 atom stereocenters. The van der Waals surface area contributed by atoms with Crippen LogP contribution in [0.4, 0.5) is 0 Å². The number of fused-ring (bicyclic) bond motifs is 15. The van der Waals surface area contributed by atoms with E-state index in [-0.39, 0.29) is 0 Å². The number of nitrogens with zero attached hydrogens (tertiary/aromatic N) is 9. The minimum atomic E-state index is 0.549. The first-order valence-corrected chi connectivity index (χ1v) is 29.6. The Morgan fingerprint density at radius 1 is 0.216 bits per heavy atom. The van der Waals surface area contributed by atoms with Crippen LogP contribution < -0.4 is 0 Å². The Morgan fingerprint density at radius 2 is 0.557 bits per heavy atom. The van der Waals surface area contributed by atoms with E-state index in [0.717, 1.165) is 138 Å². The molecule has 0 spiro atoms. The van der Waals surface area contributed by atoms with Gasteiger partial charge in [0.1, 0.15) is 0 Å². The van der Waals surface area contributed by atoms with Crippen LogP contribution in [0, 0.1) is 0 Å². The molecule has 11 aromatic carbocycles. The van der Waals surface area contributed by atoms with Gasteiger partial charge in [-0.05, 0) is 108 Å². The van der Waals surface area contributed by atoms with Crippen LogP contribution in [0.1, 0.15) is 0 Å². The van der Waals surface area contributed by atoms with Crippen molar-refractivity contribution in [2.45, 2.75) is 0 Å². The molecule has 0 aliphatic carbocycles. The monoisotopic (exact) mass is 1120 g/mol. The highest BCUT2D eigenvalue weighted by Crippen LogP contribution is 2.51. The van der Waals surface area contributed by atoms with Crippen molar-refractivity contribution in [2.75, 3.05) is 0 Å². The Hall–Kier alpha value is -12.1. The van der Waals surface area contributed by atoms with Gasteiger partial charge >= 0.3 is 0 Å². The molecule has 7 aromatic heterocycles. The van der Waals surface area contributed by atoms with Crippen molar-refractivity contribution in [1.82, 2.24) is 43.2 Å². The predicted molar refractivity (Wildman–Crippen MR) is 360 cm³/mol. The van der Waals surface area contributed by atoms with Crippen molar-refractivity contribution in [1.29, 1.82) is 0 Å².